The third-order valence-corrected chi connectivity index (χ3v) is 2.79. The zero-order chi connectivity index (χ0) is 14.3. The van der Waals surface area contributed by atoms with Gasteiger partial charge in [-0.05, 0) is 24.3 Å². The van der Waals surface area contributed by atoms with Crippen molar-refractivity contribution in [2.45, 2.75) is 6.18 Å². The molecule has 102 valence electrons. The molecule has 1 N–H and O–H groups in total. The number of pyridine rings is 1. The summed E-state index contributed by atoms with van der Waals surface area (Å²) in [6, 6.07) is 7.63. The molecule has 4 nitrogen and oxygen atoms in total. The van der Waals surface area contributed by atoms with Crippen LogP contribution < -0.4 is 0 Å². The van der Waals surface area contributed by atoms with Crippen molar-refractivity contribution in [3.63, 3.8) is 0 Å². The highest BCUT2D eigenvalue weighted by atomic mass is 19.4. The molecule has 3 rings (SSSR count). The zero-order valence-corrected chi connectivity index (χ0v) is 9.96. The van der Waals surface area contributed by atoms with Crippen molar-refractivity contribution in [2.75, 3.05) is 0 Å². The van der Waals surface area contributed by atoms with Gasteiger partial charge in [0.15, 0.2) is 11.5 Å². The van der Waals surface area contributed by atoms with Crippen LogP contribution in [0.15, 0.2) is 42.6 Å². The summed E-state index contributed by atoms with van der Waals surface area (Å²) in [5, 5.41) is 13.4. The van der Waals surface area contributed by atoms with E-state index in [9.17, 15) is 18.3 Å². The van der Waals surface area contributed by atoms with Crippen LogP contribution in [0, 0.1) is 0 Å². The van der Waals surface area contributed by atoms with Gasteiger partial charge in [0.1, 0.15) is 5.75 Å². The third kappa shape index (κ3) is 2.18. The maximum absolute atomic E-state index is 12.5. The fraction of sp³-hybridized carbons (Fsp3) is 0.0769. The fourth-order valence-electron chi connectivity index (χ4n) is 1.80. The predicted octanol–water partition coefficient (Wildman–Crippen LogP) is 3.12. The highest BCUT2D eigenvalue weighted by molar-refractivity contribution is 5.58. The Labute approximate surface area is 111 Å². The van der Waals surface area contributed by atoms with Crippen molar-refractivity contribution in [1.29, 1.82) is 0 Å². The van der Waals surface area contributed by atoms with Crippen LogP contribution in [0.1, 0.15) is 5.56 Å². The second kappa shape index (κ2) is 4.22. The van der Waals surface area contributed by atoms with Gasteiger partial charge in [-0.15, -0.1) is 5.10 Å². The van der Waals surface area contributed by atoms with Gasteiger partial charge in [-0.25, -0.2) is 9.50 Å². The van der Waals surface area contributed by atoms with E-state index in [2.05, 4.69) is 10.1 Å². The van der Waals surface area contributed by atoms with Crippen molar-refractivity contribution in [3.8, 4) is 17.1 Å². The molecule has 0 radical (unpaired) electrons. The van der Waals surface area contributed by atoms with Crippen LogP contribution in [-0.4, -0.2) is 19.7 Å². The largest absolute Gasteiger partial charge is 0.506 e. The lowest BCUT2D eigenvalue weighted by atomic mass is 10.1. The third-order valence-electron chi connectivity index (χ3n) is 2.79. The normalized spacial score (nSPS) is 11.9. The second-order valence-corrected chi connectivity index (χ2v) is 4.20. The van der Waals surface area contributed by atoms with E-state index in [1.807, 2.05) is 0 Å². The van der Waals surface area contributed by atoms with Crippen LogP contribution >= 0.6 is 0 Å². The van der Waals surface area contributed by atoms with Gasteiger partial charge in [-0.1, -0.05) is 12.1 Å². The van der Waals surface area contributed by atoms with Crippen molar-refractivity contribution in [2.24, 2.45) is 0 Å². The Balaban J connectivity index is 2.02. The van der Waals surface area contributed by atoms with Crippen molar-refractivity contribution >= 4 is 5.65 Å². The van der Waals surface area contributed by atoms with Crippen molar-refractivity contribution < 1.29 is 18.3 Å². The fourth-order valence-corrected chi connectivity index (χ4v) is 1.80. The smallest absolute Gasteiger partial charge is 0.416 e. The molecule has 0 saturated carbocycles. The molecule has 2 aromatic heterocycles. The minimum Gasteiger partial charge on any atom is -0.506 e. The van der Waals surface area contributed by atoms with E-state index in [4.69, 9.17) is 0 Å². The molecule has 2 heterocycles. The van der Waals surface area contributed by atoms with Crippen LogP contribution in [0.25, 0.3) is 17.0 Å². The van der Waals surface area contributed by atoms with E-state index in [1.165, 1.54) is 28.9 Å². The minimum absolute atomic E-state index is 0.0290. The molecule has 0 saturated heterocycles. The van der Waals surface area contributed by atoms with E-state index in [-0.39, 0.29) is 5.75 Å². The molecule has 0 fully saturated rings. The van der Waals surface area contributed by atoms with Crippen LogP contribution in [0.3, 0.4) is 0 Å². The molecule has 0 aliphatic heterocycles. The van der Waals surface area contributed by atoms with Crippen molar-refractivity contribution in [1.82, 2.24) is 14.6 Å². The maximum Gasteiger partial charge on any atom is 0.416 e. The SMILES string of the molecule is Oc1ccc2nc(-c3ccc(C(F)(F)F)cc3)nn2c1. The van der Waals surface area contributed by atoms with E-state index >= 15 is 0 Å². The molecule has 20 heavy (non-hydrogen) atoms. The number of hydrogen-bond acceptors (Lipinski definition) is 3. The average Bonchev–Trinajstić information content (AvgIpc) is 2.80. The quantitative estimate of drug-likeness (QED) is 0.744. The highest BCUT2D eigenvalue weighted by Gasteiger charge is 2.30. The first-order chi connectivity index (χ1) is 9.43. The first-order valence-corrected chi connectivity index (χ1v) is 5.66. The van der Waals surface area contributed by atoms with Crippen molar-refractivity contribution in [3.05, 3.63) is 48.2 Å². The van der Waals surface area contributed by atoms with Gasteiger partial charge >= 0.3 is 6.18 Å². The van der Waals surface area contributed by atoms with E-state index in [1.54, 1.807) is 6.07 Å². The molecule has 0 unspecified atom stereocenters. The van der Waals surface area contributed by atoms with E-state index in [0.717, 1.165) is 12.1 Å². The summed E-state index contributed by atoms with van der Waals surface area (Å²) in [6.45, 7) is 0. The molecule has 7 heteroatoms. The minimum atomic E-state index is -4.36. The van der Waals surface area contributed by atoms with Gasteiger partial charge in [0, 0.05) is 5.56 Å². The van der Waals surface area contributed by atoms with E-state index in [0.29, 0.717) is 17.0 Å². The molecule has 0 spiro atoms. The Kier molecular flexibility index (Phi) is 2.63. The summed E-state index contributed by atoms with van der Waals surface area (Å²) in [5.74, 6) is 0.325. The monoisotopic (exact) mass is 279 g/mol. The molecule has 1 aromatic carbocycles. The van der Waals surface area contributed by atoms with Gasteiger partial charge < -0.3 is 5.11 Å². The predicted molar refractivity (Wildman–Crippen MR) is 65.1 cm³/mol. The molecule has 3 aromatic rings. The second-order valence-electron chi connectivity index (χ2n) is 4.20. The molecule has 0 amide bonds. The lowest BCUT2D eigenvalue weighted by Gasteiger charge is -2.05. The Morgan fingerprint density at radius 3 is 2.35 bits per heavy atom. The summed E-state index contributed by atoms with van der Waals surface area (Å²) < 4.78 is 38.8. The Hall–Kier alpha value is -2.57. The van der Waals surface area contributed by atoms with Crippen LogP contribution in [0.5, 0.6) is 5.75 Å². The average molecular weight is 279 g/mol. The number of rotatable bonds is 1. The lowest BCUT2D eigenvalue weighted by Crippen LogP contribution is -2.04. The Morgan fingerprint density at radius 2 is 1.70 bits per heavy atom. The summed E-state index contributed by atoms with van der Waals surface area (Å²) in [5.41, 5.74) is 0.251. The van der Waals surface area contributed by atoms with Gasteiger partial charge in [0.25, 0.3) is 0 Å². The first kappa shape index (κ1) is 12.5. The van der Waals surface area contributed by atoms with Crippen LogP contribution in [-0.2, 0) is 6.18 Å². The molecule has 0 aliphatic carbocycles. The number of halogens is 3. The van der Waals surface area contributed by atoms with Gasteiger partial charge in [0.05, 0.1) is 11.8 Å². The van der Waals surface area contributed by atoms with Crippen LogP contribution in [0.2, 0.25) is 0 Å². The number of fused-ring (bicyclic) bond motifs is 1. The molecule has 0 aliphatic rings. The molecular formula is C13H8F3N3O. The Bertz CT molecular complexity index is 763. The number of nitrogens with zero attached hydrogens (tertiary/aromatic N) is 3. The van der Waals surface area contributed by atoms with E-state index < -0.39 is 11.7 Å². The zero-order valence-electron chi connectivity index (χ0n) is 9.96. The maximum atomic E-state index is 12.5. The number of benzene rings is 1. The Morgan fingerprint density at radius 1 is 1.00 bits per heavy atom. The highest BCUT2D eigenvalue weighted by Crippen LogP contribution is 2.30. The molecule has 0 atom stereocenters. The van der Waals surface area contributed by atoms with Gasteiger partial charge in [0.2, 0.25) is 0 Å². The van der Waals surface area contributed by atoms with Gasteiger partial charge in [-0.3, -0.25) is 0 Å². The standard InChI is InChI=1S/C13H8F3N3O/c14-13(15,16)9-3-1-8(2-4-9)12-17-11-6-5-10(20)7-19(11)18-12/h1-7,20H. The number of aromatic nitrogens is 3. The number of alkyl halides is 3. The summed E-state index contributed by atoms with van der Waals surface area (Å²) >= 11 is 0. The molecule has 0 bridgehead atoms. The number of aromatic hydroxyl groups is 1. The lowest BCUT2D eigenvalue weighted by molar-refractivity contribution is -0.137. The van der Waals surface area contributed by atoms with Crippen LogP contribution in [0.4, 0.5) is 13.2 Å². The van der Waals surface area contributed by atoms with Gasteiger partial charge in [-0.2, -0.15) is 13.2 Å². The first-order valence-electron chi connectivity index (χ1n) is 5.66. The summed E-state index contributed by atoms with van der Waals surface area (Å²) in [6.07, 6.45) is -2.99. The summed E-state index contributed by atoms with van der Waals surface area (Å²) in [7, 11) is 0. The number of hydrogen-bond donors (Lipinski definition) is 1. The summed E-state index contributed by atoms with van der Waals surface area (Å²) in [4.78, 5) is 4.18. The molecular weight excluding hydrogens is 271 g/mol. The topological polar surface area (TPSA) is 50.4 Å².